The van der Waals surface area contributed by atoms with E-state index < -0.39 is 5.41 Å². The average molecular weight is 395 g/mol. The third-order valence-electron chi connectivity index (χ3n) is 4.86. The van der Waals surface area contributed by atoms with Crippen LogP contribution in [0, 0.1) is 0 Å². The second-order valence-electron chi connectivity index (χ2n) is 7.30. The van der Waals surface area contributed by atoms with Gasteiger partial charge in [-0.25, -0.2) is 0 Å². The maximum absolute atomic E-state index is 12.7. The standard InChI is InChI=1S/C23H23ClN2O2/c1-23(2,19-10-12-20(24)13-11-19)22(28)25-15-17-6-8-18(9-7-17)16-26-14-4-3-5-21(26)27/h3-14H,15-16H2,1-2H3,(H,25,28). The number of carbonyl (C=O) groups is 1. The van der Waals surface area contributed by atoms with Crippen molar-refractivity contribution in [2.24, 2.45) is 0 Å². The first-order valence-corrected chi connectivity index (χ1v) is 9.52. The monoisotopic (exact) mass is 394 g/mol. The number of aromatic nitrogens is 1. The molecular formula is C23H23ClN2O2. The summed E-state index contributed by atoms with van der Waals surface area (Å²) in [5, 5.41) is 3.65. The van der Waals surface area contributed by atoms with E-state index in [1.165, 1.54) is 0 Å². The first kappa shape index (κ1) is 19.9. The van der Waals surface area contributed by atoms with Gasteiger partial charge in [-0.15, -0.1) is 0 Å². The predicted octanol–water partition coefficient (Wildman–Crippen LogP) is 4.14. The van der Waals surface area contributed by atoms with Crippen LogP contribution in [0.3, 0.4) is 0 Å². The molecule has 0 radical (unpaired) electrons. The summed E-state index contributed by atoms with van der Waals surface area (Å²) in [5.41, 5.74) is 2.27. The number of benzene rings is 2. The molecule has 0 unspecified atom stereocenters. The fourth-order valence-electron chi connectivity index (χ4n) is 2.95. The minimum Gasteiger partial charge on any atom is -0.351 e. The van der Waals surface area contributed by atoms with Crippen LogP contribution in [0.4, 0.5) is 0 Å². The highest BCUT2D eigenvalue weighted by Crippen LogP contribution is 2.25. The summed E-state index contributed by atoms with van der Waals surface area (Å²) >= 11 is 5.94. The average Bonchev–Trinajstić information content (AvgIpc) is 2.69. The summed E-state index contributed by atoms with van der Waals surface area (Å²) in [6.07, 6.45) is 1.77. The smallest absolute Gasteiger partial charge is 0.250 e. The van der Waals surface area contributed by atoms with E-state index in [1.807, 2.05) is 56.3 Å². The van der Waals surface area contributed by atoms with Gasteiger partial charge in [-0.1, -0.05) is 54.1 Å². The normalized spacial score (nSPS) is 11.2. The molecular weight excluding hydrogens is 372 g/mol. The maximum Gasteiger partial charge on any atom is 0.250 e. The molecule has 5 heteroatoms. The number of carbonyl (C=O) groups excluding carboxylic acids is 1. The van der Waals surface area contributed by atoms with Crippen molar-refractivity contribution in [3.63, 3.8) is 0 Å². The van der Waals surface area contributed by atoms with Crippen molar-refractivity contribution >= 4 is 17.5 Å². The number of halogens is 1. The third kappa shape index (κ3) is 4.70. The molecule has 0 saturated heterocycles. The van der Waals surface area contributed by atoms with Crippen LogP contribution >= 0.6 is 11.6 Å². The Balaban J connectivity index is 1.61. The number of nitrogens with zero attached hydrogens (tertiary/aromatic N) is 1. The molecule has 2 aromatic carbocycles. The van der Waals surface area contributed by atoms with Crippen molar-refractivity contribution in [1.82, 2.24) is 9.88 Å². The van der Waals surface area contributed by atoms with Gasteiger partial charge in [-0.05, 0) is 48.7 Å². The molecule has 3 rings (SSSR count). The molecule has 0 atom stereocenters. The van der Waals surface area contributed by atoms with Crippen molar-refractivity contribution < 1.29 is 4.79 Å². The Bertz CT molecular complexity index is 1010. The van der Waals surface area contributed by atoms with E-state index in [-0.39, 0.29) is 11.5 Å². The van der Waals surface area contributed by atoms with Gasteiger partial charge in [0.2, 0.25) is 5.91 Å². The van der Waals surface area contributed by atoms with Crippen molar-refractivity contribution in [3.05, 3.63) is 105 Å². The summed E-state index contributed by atoms with van der Waals surface area (Å²) < 4.78 is 1.66. The zero-order valence-electron chi connectivity index (χ0n) is 16.0. The third-order valence-corrected chi connectivity index (χ3v) is 5.11. The molecule has 0 fully saturated rings. The van der Waals surface area contributed by atoms with Gasteiger partial charge in [0, 0.05) is 23.8 Å². The summed E-state index contributed by atoms with van der Waals surface area (Å²) in [6, 6.07) is 20.4. The second kappa shape index (κ2) is 8.44. The molecule has 1 N–H and O–H groups in total. The summed E-state index contributed by atoms with van der Waals surface area (Å²) in [7, 11) is 0. The van der Waals surface area contributed by atoms with Gasteiger partial charge in [-0.2, -0.15) is 0 Å². The van der Waals surface area contributed by atoms with Gasteiger partial charge in [0.25, 0.3) is 5.56 Å². The lowest BCUT2D eigenvalue weighted by Crippen LogP contribution is -2.39. The molecule has 0 aliphatic rings. The Morgan fingerprint density at radius 3 is 2.25 bits per heavy atom. The van der Waals surface area contributed by atoms with E-state index in [0.29, 0.717) is 18.1 Å². The quantitative estimate of drug-likeness (QED) is 0.683. The van der Waals surface area contributed by atoms with Gasteiger partial charge >= 0.3 is 0 Å². The fraction of sp³-hybridized carbons (Fsp3) is 0.217. The van der Waals surface area contributed by atoms with Gasteiger partial charge in [-0.3, -0.25) is 9.59 Å². The van der Waals surface area contributed by atoms with E-state index in [4.69, 9.17) is 11.6 Å². The minimum atomic E-state index is -0.654. The second-order valence-corrected chi connectivity index (χ2v) is 7.73. The highest BCUT2D eigenvalue weighted by Gasteiger charge is 2.29. The highest BCUT2D eigenvalue weighted by atomic mass is 35.5. The van der Waals surface area contributed by atoms with Gasteiger partial charge in [0.15, 0.2) is 0 Å². The number of hydrogen-bond donors (Lipinski definition) is 1. The number of nitrogens with one attached hydrogen (secondary N) is 1. The van der Waals surface area contributed by atoms with Crippen LogP contribution in [0.25, 0.3) is 0 Å². The van der Waals surface area contributed by atoms with Crippen LogP contribution in [-0.4, -0.2) is 10.5 Å². The zero-order chi connectivity index (χ0) is 20.1. The molecule has 0 aliphatic heterocycles. The Morgan fingerprint density at radius 2 is 1.61 bits per heavy atom. The molecule has 0 spiro atoms. The number of rotatable bonds is 6. The Labute approximate surface area is 169 Å². The molecule has 144 valence electrons. The molecule has 1 aromatic heterocycles. The lowest BCUT2D eigenvalue weighted by atomic mass is 9.83. The lowest BCUT2D eigenvalue weighted by Gasteiger charge is -2.24. The summed E-state index contributed by atoms with van der Waals surface area (Å²) in [6.45, 7) is 4.76. The summed E-state index contributed by atoms with van der Waals surface area (Å²) in [4.78, 5) is 24.5. The fourth-order valence-corrected chi connectivity index (χ4v) is 3.08. The van der Waals surface area contributed by atoms with Crippen molar-refractivity contribution in [2.75, 3.05) is 0 Å². The first-order chi connectivity index (χ1) is 13.4. The van der Waals surface area contributed by atoms with Crippen molar-refractivity contribution in [2.45, 2.75) is 32.4 Å². The van der Waals surface area contributed by atoms with E-state index >= 15 is 0 Å². The molecule has 3 aromatic rings. The lowest BCUT2D eigenvalue weighted by molar-refractivity contribution is -0.125. The molecule has 1 heterocycles. The SMILES string of the molecule is CC(C)(C(=O)NCc1ccc(Cn2ccccc2=O)cc1)c1ccc(Cl)cc1. The largest absolute Gasteiger partial charge is 0.351 e. The van der Waals surface area contributed by atoms with Crippen LogP contribution in [-0.2, 0) is 23.3 Å². The van der Waals surface area contributed by atoms with Crippen LogP contribution < -0.4 is 10.9 Å². The first-order valence-electron chi connectivity index (χ1n) is 9.14. The maximum atomic E-state index is 12.7. The van der Waals surface area contributed by atoms with Crippen LogP contribution in [0.2, 0.25) is 5.02 Å². The van der Waals surface area contributed by atoms with Gasteiger partial charge < -0.3 is 9.88 Å². The number of hydrogen-bond acceptors (Lipinski definition) is 2. The Morgan fingerprint density at radius 1 is 0.964 bits per heavy atom. The van der Waals surface area contributed by atoms with E-state index in [9.17, 15) is 9.59 Å². The van der Waals surface area contributed by atoms with Crippen molar-refractivity contribution in [1.29, 1.82) is 0 Å². The van der Waals surface area contributed by atoms with E-state index in [1.54, 1.807) is 35.0 Å². The zero-order valence-corrected chi connectivity index (χ0v) is 16.7. The predicted molar refractivity (Wildman–Crippen MR) is 113 cm³/mol. The van der Waals surface area contributed by atoms with Crippen LogP contribution in [0.5, 0.6) is 0 Å². The van der Waals surface area contributed by atoms with E-state index in [2.05, 4.69) is 5.32 Å². The Hall–Kier alpha value is -2.85. The number of amides is 1. The Kier molecular flexibility index (Phi) is 6.00. The van der Waals surface area contributed by atoms with E-state index in [0.717, 1.165) is 16.7 Å². The molecule has 1 amide bonds. The molecule has 4 nitrogen and oxygen atoms in total. The summed E-state index contributed by atoms with van der Waals surface area (Å²) in [5.74, 6) is -0.0465. The van der Waals surface area contributed by atoms with Gasteiger partial charge in [0.05, 0.1) is 12.0 Å². The topological polar surface area (TPSA) is 51.1 Å². The minimum absolute atomic E-state index is 0.0247. The van der Waals surface area contributed by atoms with Crippen LogP contribution in [0.15, 0.2) is 77.7 Å². The van der Waals surface area contributed by atoms with Gasteiger partial charge in [0.1, 0.15) is 0 Å². The molecule has 0 aliphatic carbocycles. The molecule has 0 bridgehead atoms. The molecule has 28 heavy (non-hydrogen) atoms. The van der Waals surface area contributed by atoms with Crippen LogP contribution in [0.1, 0.15) is 30.5 Å². The molecule has 0 saturated carbocycles. The number of pyridine rings is 1. The highest BCUT2D eigenvalue weighted by molar-refractivity contribution is 6.30. The van der Waals surface area contributed by atoms with Crippen molar-refractivity contribution in [3.8, 4) is 0 Å².